The Labute approximate surface area is 89.6 Å². The fourth-order valence-corrected chi connectivity index (χ4v) is 1.91. The monoisotopic (exact) mass is 252 g/mol. The van der Waals surface area contributed by atoms with Crippen molar-refractivity contribution in [1.29, 1.82) is 0 Å². The number of nitrogens with two attached hydrogens (primary N) is 1. The Kier molecular flexibility index (Phi) is 3.60. The van der Waals surface area contributed by atoms with E-state index in [0.29, 0.717) is 5.82 Å². The molecule has 1 heterocycles. The number of nitrogens with zero attached hydrogens (tertiary/aromatic N) is 2. The van der Waals surface area contributed by atoms with Crippen LogP contribution in [0.3, 0.4) is 0 Å². The van der Waals surface area contributed by atoms with Gasteiger partial charge in [0.2, 0.25) is 0 Å². The van der Waals surface area contributed by atoms with Crippen molar-refractivity contribution in [3.05, 3.63) is 12.0 Å². The van der Waals surface area contributed by atoms with Crippen molar-refractivity contribution in [3.8, 4) is 0 Å². The average Bonchev–Trinajstić information content (AvgIpc) is 2.42. The maximum atomic E-state index is 10.9. The predicted octanol–water partition coefficient (Wildman–Crippen LogP) is -1.51. The topological polar surface area (TPSA) is 118 Å². The number of aromatic nitrogens is 2. The molecule has 0 saturated carbocycles. The second-order valence-corrected chi connectivity index (χ2v) is 5.43. The van der Waals surface area contributed by atoms with Crippen LogP contribution in [0.1, 0.15) is 5.82 Å². The molecule has 7 nitrogen and oxygen atoms in total. The lowest BCUT2D eigenvalue weighted by atomic mass is 10.4. The third-order valence-electron chi connectivity index (χ3n) is 1.73. The average molecular weight is 252 g/mol. The first-order valence-electron chi connectivity index (χ1n) is 3.91. The SMILES string of the molecule is Cn1cc(S(N)(=O)=O)nc1CCS(=O)[O-]. The highest BCUT2D eigenvalue weighted by atomic mass is 32.2. The van der Waals surface area contributed by atoms with Gasteiger partial charge in [-0.1, -0.05) is 11.1 Å². The predicted molar refractivity (Wildman–Crippen MR) is 52.1 cm³/mol. The summed E-state index contributed by atoms with van der Waals surface area (Å²) in [6.45, 7) is 0. The summed E-state index contributed by atoms with van der Waals surface area (Å²) in [7, 11) is -2.25. The zero-order valence-electron chi connectivity index (χ0n) is 7.91. The molecule has 0 amide bonds. The molecule has 1 aromatic heterocycles. The highest BCUT2D eigenvalue weighted by Gasteiger charge is 2.14. The minimum absolute atomic E-state index is 0.102. The van der Waals surface area contributed by atoms with E-state index in [1.54, 1.807) is 7.05 Å². The summed E-state index contributed by atoms with van der Waals surface area (Å²) in [6, 6.07) is 0. The normalized spacial score (nSPS) is 14.1. The van der Waals surface area contributed by atoms with E-state index in [2.05, 4.69) is 4.98 Å². The summed E-state index contributed by atoms with van der Waals surface area (Å²) in [4.78, 5) is 3.73. The number of primary sulfonamides is 1. The first kappa shape index (κ1) is 12.3. The van der Waals surface area contributed by atoms with Gasteiger partial charge < -0.3 is 9.12 Å². The molecule has 1 aromatic rings. The van der Waals surface area contributed by atoms with Crippen molar-refractivity contribution in [2.75, 3.05) is 5.75 Å². The fourth-order valence-electron chi connectivity index (χ4n) is 1.02. The number of aryl methyl sites for hydroxylation is 2. The van der Waals surface area contributed by atoms with Crippen molar-refractivity contribution in [2.24, 2.45) is 12.2 Å². The minimum Gasteiger partial charge on any atom is -0.772 e. The summed E-state index contributed by atoms with van der Waals surface area (Å²) in [5, 5.41) is 4.62. The number of sulfonamides is 1. The third kappa shape index (κ3) is 3.38. The minimum atomic E-state index is -3.83. The van der Waals surface area contributed by atoms with E-state index in [1.807, 2.05) is 0 Å². The van der Waals surface area contributed by atoms with Crippen LogP contribution in [-0.4, -0.2) is 32.5 Å². The molecule has 0 saturated heterocycles. The molecule has 0 aliphatic heterocycles. The number of hydrogen-bond donors (Lipinski definition) is 1. The first-order chi connectivity index (χ1) is 6.80. The summed E-state index contributed by atoms with van der Waals surface area (Å²) in [6.07, 6.45) is 1.40. The molecule has 2 N–H and O–H groups in total. The van der Waals surface area contributed by atoms with Gasteiger partial charge in [0.15, 0.2) is 5.03 Å². The molecule has 0 radical (unpaired) electrons. The van der Waals surface area contributed by atoms with Gasteiger partial charge in [-0.3, -0.25) is 4.21 Å². The Morgan fingerprint density at radius 3 is 2.67 bits per heavy atom. The first-order valence-corrected chi connectivity index (χ1v) is 6.70. The molecule has 0 aliphatic carbocycles. The largest absolute Gasteiger partial charge is 0.772 e. The van der Waals surface area contributed by atoms with Crippen LogP contribution < -0.4 is 5.14 Å². The quantitative estimate of drug-likeness (QED) is 0.653. The van der Waals surface area contributed by atoms with E-state index in [9.17, 15) is 17.2 Å². The molecule has 1 atom stereocenters. The molecule has 0 aliphatic rings. The Hall–Kier alpha value is -0.770. The van der Waals surface area contributed by atoms with Crippen molar-refractivity contribution >= 4 is 21.1 Å². The van der Waals surface area contributed by atoms with Gasteiger partial charge in [-0.15, -0.1) is 0 Å². The molecule has 1 unspecified atom stereocenters. The molecule has 0 aromatic carbocycles. The lowest BCUT2D eigenvalue weighted by Gasteiger charge is -2.03. The van der Waals surface area contributed by atoms with Gasteiger partial charge in [0, 0.05) is 25.4 Å². The Morgan fingerprint density at radius 1 is 1.67 bits per heavy atom. The second-order valence-electron chi connectivity index (χ2n) is 2.91. The molecule has 0 bridgehead atoms. The van der Waals surface area contributed by atoms with Crippen molar-refractivity contribution < 1.29 is 17.2 Å². The van der Waals surface area contributed by atoms with Gasteiger partial charge in [-0.25, -0.2) is 18.5 Å². The number of rotatable bonds is 4. The van der Waals surface area contributed by atoms with Crippen LogP contribution in [0.5, 0.6) is 0 Å². The van der Waals surface area contributed by atoms with E-state index in [1.165, 1.54) is 10.8 Å². The van der Waals surface area contributed by atoms with Crippen LogP contribution in [0.4, 0.5) is 0 Å². The zero-order valence-corrected chi connectivity index (χ0v) is 9.55. The number of hydrogen-bond acceptors (Lipinski definition) is 5. The van der Waals surface area contributed by atoms with Gasteiger partial charge in [0.25, 0.3) is 10.0 Å². The number of imidazole rings is 1. The molecule has 0 fully saturated rings. The second kappa shape index (κ2) is 4.39. The Balaban J connectivity index is 2.92. The highest BCUT2D eigenvalue weighted by Crippen LogP contribution is 2.06. The van der Waals surface area contributed by atoms with Gasteiger partial charge in [0.05, 0.1) is 0 Å². The van der Waals surface area contributed by atoms with Crippen LogP contribution in [0.2, 0.25) is 0 Å². The summed E-state index contributed by atoms with van der Waals surface area (Å²) >= 11 is -2.17. The smallest absolute Gasteiger partial charge is 0.257 e. The molecule has 1 rings (SSSR count). The van der Waals surface area contributed by atoms with Crippen LogP contribution >= 0.6 is 0 Å². The molecule has 15 heavy (non-hydrogen) atoms. The molecule has 9 heteroatoms. The maximum Gasteiger partial charge on any atom is 0.257 e. The third-order valence-corrected chi connectivity index (χ3v) is 3.05. The van der Waals surface area contributed by atoms with Crippen molar-refractivity contribution in [2.45, 2.75) is 11.4 Å². The summed E-state index contributed by atoms with van der Waals surface area (Å²) in [5.41, 5.74) is 0. The molecular weight excluding hydrogens is 242 g/mol. The lowest BCUT2D eigenvalue weighted by Crippen LogP contribution is -2.12. The standard InChI is InChI=1S/C6H11N3O4S2/c1-9-4-6(15(7,12)13)8-5(9)2-3-14(10)11/h4H,2-3H2,1H3,(H,10,11)(H2,7,12,13)/p-1. The lowest BCUT2D eigenvalue weighted by molar-refractivity contribution is 0.535. The van der Waals surface area contributed by atoms with Gasteiger partial charge in [0.1, 0.15) is 5.82 Å². The van der Waals surface area contributed by atoms with E-state index in [0.717, 1.165) is 0 Å². The Bertz CT molecular complexity index is 479. The molecule has 86 valence electrons. The maximum absolute atomic E-state index is 10.9. The van der Waals surface area contributed by atoms with Crippen LogP contribution in [0, 0.1) is 0 Å². The molecule has 0 spiro atoms. The fraction of sp³-hybridized carbons (Fsp3) is 0.500. The summed E-state index contributed by atoms with van der Waals surface area (Å²) in [5.74, 6) is 0.262. The van der Waals surface area contributed by atoms with Crippen LogP contribution in [0.25, 0.3) is 0 Å². The summed E-state index contributed by atoms with van der Waals surface area (Å²) < 4.78 is 43.9. The zero-order chi connectivity index (χ0) is 11.6. The van der Waals surface area contributed by atoms with Crippen LogP contribution in [-0.2, 0) is 34.6 Å². The van der Waals surface area contributed by atoms with Crippen molar-refractivity contribution in [1.82, 2.24) is 9.55 Å². The van der Waals surface area contributed by atoms with E-state index in [4.69, 9.17) is 5.14 Å². The molecular formula is C6H10N3O4S2-. The van der Waals surface area contributed by atoms with Gasteiger partial charge in [-0.2, -0.15) is 0 Å². The van der Waals surface area contributed by atoms with Crippen LogP contribution in [0.15, 0.2) is 11.2 Å². The van der Waals surface area contributed by atoms with Gasteiger partial charge in [-0.05, 0) is 0 Å². The van der Waals surface area contributed by atoms with E-state index >= 15 is 0 Å². The van der Waals surface area contributed by atoms with Gasteiger partial charge >= 0.3 is 0 Å². The highest BCUT2D eigenvalue weighted by molar-refractivity contribution is 7.89. The Morgan fingerprint density at radius 2 is 2.27 bits per heavy atom. The van der Waals surface area contributed by atoms with E-state index < -0.39 is 21.1 Å². The van der Waals surface area contributed by atoms with E-state index in [-0.39, 0.29) is 17.2 Å². The van der Waals surface area contributed by atoms with Crippen molar-refractivity contribution in [3.63, 3.8) is 0 Å².